The number of hydrogen-bond acceptors (Lipinski definition) is 3. The number of hydrogen-bond donors (Lipinski definition) is 2. The molecule has 1 aliphatic rings. The number of carboxylic acids is 1. The minimum Gasteiger partial charge on any atom is -0.481 e. The van der Waals surface area contributed by atoms with Crippen LogP contribution in [0.5, 0.6) is 0 Å². The first kappa shape index (κ1) is 13.8. The molecule has 0 amide bonds. The summed E-state index contributed by atoms with van der Waals surface area (Å²) in [5.41, 5.74) is 0.811. The molecule has 1 fully saturated rings. The summed E-state index contributed by atoms with van der Waals surface area (Å²) >= 11 is 0. The molecule has 1 aromatic rings. The summed E-state index contributed by atoms with van der Waals surface area (Å²) in [4.78, 5) is 12.9. The zero-order valence-corrected chi connectivity index (χ0v) is 11.0. The fourth-order valence-electron chi connectivity index (χ4n) is 2.44. The third-order valence-electron chi connectivity index (χ3n) is 3.32. The van der Waals surface area contributed by atoms with Crippen LogP contribution in [0.1, 0.15) is 13.3 Å². The zero-order valence-electron chi connectivity index (χ0n) is 11.0. The fraction of sp³-hybridized carbons (Fsp3) is 0.500. The van der Waals surface area contributed by atoms with Gasteiger partial charge in [-0.2, -0.15) is 0 Å². The summed E-state index contributed by atoms with van der Waals surface area (Å²) in [5.74, 6) is -0.689. The molecule has 5 heteroatoms. The maximum absolute atomic E-state index is 13.3. The van der Waals surface area contributed by atoms with E-state index < -0.39 is 5.97 Å². The monoisotopic (exact) mass is 266 g/mol. The summed E-state index contributed by atoms with van der Waals surface area (Å²) in [6, 6.07) is 6.34. The molecule has 1 heterocycles. The van der Waals surface area contributed by atoms with Crippen LogP contribution in [-0.4, -0.2) is 36.8 Å². The third kappa shape index (κ3) is 3.92. The molecule has 1 aliphatic heterocycles. The molecule has 1 aromatic carbocycles. The molecular weight excluding hydrogens is 247 g/mol. The Balaban J connectivity index is 2.15. The Morgan fingerprint density at radius 3 is 3.00 bits per heavy atom. The summed E-state index contributed by atoms with van der Waals surface area (Å²) in [5, 5.41) is 12.2. The van der Waals surface area contributed by atoms with Crippen LogP contribution >= 0.6 is 0 Å². The van der Waals surface area contributed by atoms with E-state index in [1.54, 1.807) is 6.07 Å². The van der Waals surface area contributed by atoms with Crippen molar-refractivity contribution in [2.24, 2.45) is 5.92 Å². The number of nitrogens with zero attached hydrogens (tertiary/aromatic N) is 1. The SMILES string of the molecule is CC1CNC(CC(=O)O)CN(c2cccc(F)c2)C1. The smallest absolute Gasteiger partial charge is 0.304 e. The van der Waals surface area contributed by atoms with E-state index in [0.717, 1.165) is 18.8 Å². The van der Waals surface area contributed by atoms with E-state index in [-0.39, 0.29) is 18.3 Å². The topological polar surface area (TPSA) is 52.6 Å². The van der Waals surface area contributed by atoms with E-state index in [4.69, 9.17) is 5.11 Å². The second-order valence-electron chi connectivity index (χ2n) is 5.19. The Kier molecular flexibility index (Phi) is 4.37. The zero-order chi connectivity index (χ0) is 13.8. The van der Waals surface area contributed by atoms with Crippen LogP contribution in [-0.2, 0) is 4.79 Å². The Morgan fingerprint density at radius 1 is 1.53 bits per heavy atom. The Hall–Kier alpha value is -1.62. The minimum absolute atomic E-state index is 0.0819. The first-order valence-corrected chi connectivity index (χ1v) is 6.50. The summed E-state index contributed by atoms with van der Waals surface area (Å²) < 4.78 is 13.3. The van der Waals surface area contributed by atoms with Crippen LogP contribution < -0.4 is 10.2 Å². The van der Waals surface area contributed by atoms with Crippen molar-refractivity contribution in [1.29, 1.82) is 0 Å². The van der Waals surface area contributed by atoms with Gasteiger partial charge in [-0.05, 0) is 30.7 Å². The van der Waals surface area contributed by atoms with Gasteiger partial charge in [-0.25, -0.2) is 4.39 Å². The first-order valence-electron chi connectivity index (χ1n) is 6.50. The molecule has 0 bridgehead atoms. The van der Waals surface area contributed by atoms with Crippen molar-refractivity contribution in [3.8, 4) is 0 Å². The highest BCUT2D eigenvalue weighted by atomic mass is 19.1. The van der Waals surface area contributed by atoms with Gasteiger partial charge in [0.2, 0.25) is 0 Å². The van der Waals surface area contributed by atoms with Gasteiger partial charge in [0.15, 0.2) is 0 Å². The van der Waals surface area contributed by atoms with E-state index in [2.05, 4.69) is 17.1 Å². The maximum Gasteiger partial charge on any atom is 0.304 e. The summed E-state index contributed by atoms with van der Waals surface area (Å²) in [6.45, 7) is 4.26. The average molecular weight is 266 g/mol. The second kappa shape index (κ2) is 6.02. The highest BCUT2D eigenvalue weighted by Crippen LogP contribution is 2.19. The lowest BCUT2D eigenvalue weighted by Gasteiger charge is -2.26. The van der Waals surface area contributed by atoms with Gasteiger partial charge in [-0.15, -0.1) is 0 Å². The maximum atomic E-state index is 13.3. The van der Waals surface area contributed by atoms with Crippen molar-refractivity contribution in [3.05, 3.63) is 30.1 Å². The highest BCUT2D eigenvalue weighted by molar-refractivity contribution is 5.67. The molecule has 2 unspecified atom stereocenters. The van der Waals surface area contributed by atoms with E-state index in [1.165, 1.54) is 12.1 Å². The van der Waals surface area contributed by atoms with Crippen molar-refractivity contribution < 1.29 is 14.3 Å². The largest absolute Gasteiger partial charge is 0.481 e. The van der Waals surface area contributed by atoms with Gasteiger partial charge in [0.1, 0.15) is 5.82 Å². The van der Waals surface area contributed by atoms with Crippen LogP contribution in [0, 0.1) is 11.7 Å². The average Bonchev–Trinajstić information content (AvgIpc) is 2.51. The van der Waals surface area contributed by atoms with Gasteiger partial charge in [-0.1, -0.05) is 13.0 Å². The molecule has 2 atom stereocenters. The number of aliphatic carboxylic acids is 1. The van der Waals surface area contributed by atoms with Crippen LogP contribution in [0.3, 0.4) is 0 Å². The molecule has 0 aromatic heterocycles. The Morgan fingerprint density at radius 2 is 2.32 bits per heavy atom. The first-order chi connectivity index (χ1) is 9.04. The van der Waals surface area contributed by atoms with E-state index in [9.17, 15) is 9.18 Å². The van der Waals surface area contributed by atoms with Gasteiger partial charge in [-0.3, -0.25) is 4.79 Å². The van der Waals surface area contributed by atoms with Gasteiger partial charge >= 0.3 is 5.97 Å². The second-order valence-corrected chi connectivity index (χ2v) is 5.19. The van der Waals surface area contributed by atoms with E-state index >= 15 is 0 Å². The molecule has 0 radical (unpaired) electrons. The van der Waals surface area contributed by atoms with Crippen molar-refractivity contribution in [2.45, 2.75) is 19.4 Å². The number of anilines is 1. The lowest BCUT2D eigenvalue weighted by Crippen LogP contribution is -2.39. The predicted molar refractivity (Wildman–Crippen MR) is 71.8 cm³/mol. The molecule has 2 N–H and O–H groups in total. The van der Waals surface area contributed by atoms with Gasteiger partial charge in [0, 0.05) is 24.8 Å². The molecule has 1 saturated heterocycles. The Labute approximate surface area is 112 Å². The number of rotatable bonds is 3. The van der Waals surface area contributed by atoms with Crippen LogP contribution in [0.2, 0.25) is 0 Å². The van der Waals surface area contributed by atoms with Gasteiger partial charge < -0.3 is 15.3 Å². The molecule has 2 rings (SSSR count). The normalized spacial score (nSPS) is 24.0. The summed E-state index contributed by atoms with van der Waals surface area (Å²) in [7, 11) is 0. The lowest BCUT2D eigenvalue weighted by atomic mass is 10.1. The van der Waals surface area contributed by atoms with Crippen molar-refractivity contribution in [1.82, 2.24) is 5.32 Å². The number of halogens is 1. The van der Waals surface area contributed by atoms with Crippen molar-refractivity contribution in [3.63, 3.8) is 0 Å². The fourth-order valence-corrected chi connectivity index (χ4v) is 2.44. The van der Waals surface area contributed by atoms with E-state index in [0.29, 0.717) is 12.5 Å². The number of carboxylic acid groups (broad SMARTS) is 1. The Bertz CT molecular complexity index is 453. The van der Waals surface area contributed by atoms with Crippen LogP contribution in [0.4, 0.5) is 10.1 Å². The van der Waals surface area contributed by atoms with Crippen molar-refractivity contribution >= 4 is 11.7 Å². The minimum atomic E-state index is -0.814. The van der Waals surface area contributed by atoms with Crippen LogP contribution in [0.25, 0.3) is 0 Å². The quantitative estimate of drug-likeness (QED) is 0.874. The van der Waals surface area contributed by atoms with Gasteiger partial charge in [0.05, 0.1) is 6.42 Å². The standard InChI is InChI=1S/C14H19FN2O2/c1-10-7-16-12(6-14(18)19)9-17(8-10)13-4-2-3-11(15)5-13/h2-5,10,12,16H,6-9H2,1H3,(H,18,19). The molecule has 0 spiro atoms. The van der Waals surface area contributed by atoms with Crippen LogP contribution in [0.15, 0.2) is 24.3 Å². The number of benzene rings is 1. The highest BCUT2D eigenvalue weighted by Gasteiger charge is 2.23. The molecule has 19 heavy (non-hydrogen) atoms. The molecule has 0 aliphatic carbocycles. The third-order valence-corrected chi connectivity index (χ3v) is 3.32. The molecule has 104 valence electrons. The lowest BCUT2D eigenvalue weighted by molar-refractivity contribution is -0.137. The summed E-state index contributed by atoms with van der Waals surface area (Å²) in [6.07, 6.45) is 0.0819. The van der Waals surface area contributed by atoms with Gasteiger partial charge in [0.25, 0.3) is 0 Å². The molecular formula is C14H19FN2O2. The molecule has 4 nitrogen and oxygen atoms in total. The number of carbonyl (C=O) groups is 1. The molecule has 0 saturated carbocycles. The predicted octanol–water partition coefficient (Wildman–Crippen LogP) is 1.71. The number of nitrogens with one attached hydrogen (secondary N) is 1. The van der Waals surface area contributed by atoms with Crippen molar-refractivity contribution in [2.75, 3.05) is 24.5 Å². The van der Waals surface area contributed by atoms with E-state index in [1.807, 2.05) is 6.07 Å².